The minimum Gasteiger partial charge on any atom is -0.478 e. The van der Waals surface area contributed by atoms with Gasteiger partial charge in [0.05, 0.1) is 26.9 Å². The highest BCUT2D eigenvalue weighted by Crippen LogP contribution is 2.30. The third-order valence-corrected chi connectivity index (χ3v) is 3.96. The minimum absolute atomic E-state index is 0.0408. The van der Waals surface area contributed by atoms with Crippen molar-refractivity contribution >= 4 is 56.7 Å². The van der Waals surface area contributed by atoms with E-state index in [2.05, 4.69) is 21.2 Å². The molecule has 0 bridgehead atoms. The van der Waals surface area contributed by atoms with Crippen LogP contribution < -0.4 is 5.32 Å². The van der Waals surface area contributed by atoms with E-state index >= 15 is 0 Å². The fourth-order valence-corrected chi connectivity index (χ4v) is 2.75. The lowest BCUT2D eigenvalue weighted by Crippen LogP contribution is -2.16. The zero-order valence-electron chi connectivity index (χ0n) is 10.4. The van der Waals surface area contributed by atoms with E-state index in [0.717, 1.165) is 0 Å². The highest BCUT2D eigenvalue weighted by Gasteiger charge is 2.19. The highest BCUT2D eigenvalue weighted by atomic mass is 79.9. The zero-order chi connectivity index (χ0) is 15.6. The second kappa shape index (κ2) is 6.47. The number of benzene rings is 2. The number of nitrogens with one attached hydrogen (secondary N) is 1. The van der Waals surface area contributed by atoms with Gasteiger partial charge in [0.15, 0.2) is 0 Å². The first-order valence-corrected chi connectivity index (χ1v) is 7.24. The molecule has 2 rings (SSSR count). The first-order chi connectivity index (χ1) is 9.91. The van der Waals surface area contributed by atoms with Crippen LogP contribution in [0.5, 0.6) is 0 Å². The van der Waals surface area contributed by atoms with E-state index in [1.54, 1.807) is 18.2 Å². The Morgan fingerprint density at radius 1 is 1.05 bits per heavy atom. The maximum absolute atomic E-state index is 12.3. The van der Waals surface area contributed by atoms with E-state index in [1.807, 2.05) is 0 Å². The number of para-hydroxylation sites is 1. The number of carbonyl (C=O) groups excluding carboxylic acids is 1. The van der Waals surface area contributed by atoms with Crippen LogP contribution in [0.1, 0.15) is 20.7 Å². The topological polar surface area (TPSA) is 66.4 Å². The van der Waals surface area contributed by atoms with Crippen LogP contribution in [0.15, 0.2) is 40.9 Å². The van der Waals surface area contributed by atoms with Crippen molar-refractivity contribution < 1.29 is 14.7 Å². The molecule has 2 aromatic rings. The number of amides is 1. The molecule has 0 aliphatic heterocycles. The van der Waals surface area contributed by atoms with Gasteiger partial charge in [0.25, 0.3) is 5.91 Å². The van der Waals surface area contributed by atoms with Gasteiger partial charge in [0.1, 0.15) is 0 Å². The maximum atomic E-state index is 12.3. The third-order valence-electron chi connectivity index (χ3n) is 2.67. The minimum atomic E-state index is -1.16. The molecule has 0 aliphatic carbocycles. The number of aromatic carboxylic acids is 1. The second-order valence-electron chi connectivity index (χ2n) is 4.02. The van der Waals surface area contributed by atoms with Gasteiger partial charge in [-0.2, -0.15) is 0 Å². The zero-order valence-corrected chi connectivity index (χ0v) is 13.5. The van der Waals surface area contributed by atoms with Crippen molar-refractivity contribution in [3.05, 3.63) is 62.0 Å². The van der Waals surface area contributed by atoms with Crippen LogP contribution in [0.4, 0.5) is 5.69 Å². The Hall–Kier alpha value is -1.56. The molecule has 0 saturated carbocycles. The molecule has 0 saturated heterocycles. The Bertz CT molecular complexity index is 714. The van der Waals surface area contributed by atoms with Gasteiger partial charge in [0, 0.05) is 4.47 Å². The van der Waals surface area contributed by atoms with Crippen molar-refractivity contribution in [2.24, 2.45) is 0 Å². The van der Waals surface area contributed by atoms with Gasteiger partial charge in [0.2, 0.25) is 0 Å². The van der Waals surface area contributed by atoms with Crippen LogP contribution in [0.25, 0.3) is 0 Å². The Labute approximate surface area is 138 Å². The van der Waals surface area contributed by atoms with Gasteiger partial charge in [-0.05, 0) is 40.2 Å². The summed E-state index contributed by atoms with van der Waals surface area (Å²) in [6, 6.07) is 9.24. The predicted octanol–water partition coefficient (Wildman–Crippen LogP) is 4.71. The van der Waals surface area contributed by atoms with E-state index in [0.29, 0.717) is 4.47 Å². The Kier molecular flexibility index (Phi) is 4.88. The van der Waals surface area contributed by atoms with Gasteiger partial charge in [-0.3, -0.25) is 4.79 Å². The van der Waals surface area contributed by atoms with Crippen LogP contribution in [0.3, 0.4) is 0 Å². The smallest absolute Gasteiger partial charge is 0.337 e. The lowest BCUT2D eigenvalue weighted by Gasteiger charge is -2.12. The number of hydrogen-bond acceptors (Lipinski definition) is 2. The molecule has 4 nitrogen and oxygen atoms in total. The monoisotopic (exact) mass is 387 g/mol. The molecule has 21 heavy (non-hydrogen) atoms. The first kappa shape index (κ1) is 15.8. The lowest BCUT2D eigenvalue weighted by molar-refractivity contribution is 0.0698. The van der Waals surface area contributed by atoms with Gasteiger partial charge in [-0.1, -0.05) is 35.3 Å². The number of hydrogen-bond donors (Lipinski definition) is 2. The van der Waals surface area contributed by atoms with E-state index in [-0.39, 0.29) is 26.9 Å². The van der Waals surface area contributed by atoms with Crippen molar-refractivity contribution in [1.82, 2.24) is 0 Å². The summed E-state index contributed by atoms with van der Waals surface area (Å²) in [6.07, 6.45) is 0. The van der Waals surface area contributed by atoms with Crippen molar-refractivity contribution in [2.75, 3.05) is 5.32 Å². The fraction of sp³-hybridized carbons (Fsp3) is 0. The van der Waals surface area contributed by atoms with Gasteiger partial charge in [-0.25, -0.2) is 4.79 Å². The molecule has 0 heterocycles. The highest BCUT2D eigenvalue weighted by molar-refractivity contribution is 9.10. The summed E-state index contributed by atoms with van der Waals surface area (Å²) in [5, 5.41) is 12.0. The fourth-order valence-electron chi connectivity index (χ4n) is 1.72. The van der Waals surface area contributed by atoms with E-state index in [9.17, 15) is 9.59 Å². The van der Waals surface area contributed by atoms with Gasteiger partial charge >= 0.3 is 5.97 Å². The lowest BCUT2D eigenvalue weighted by atomic mass is 10.1. The Morgan fingerprint density at radius 3 is 2.19 bits per heavy atom. The quantitative estimate of drug-likeness (QED) is 0.800. The van der Waals surface area contributed by atoms with Crippen LogP contribution in [-0.4, -0.2) is 17.0 Å². The Balaban J connectivity index is 2.44. The molecule has 0 fully saturated rings. The molecule has 2 aromatic carbocycles. The number of rotatable bonds is 3. The Morgan fingerprint density at radius 2 is 1.62 bits per heavy atom. The van der Waals surface area contributed by atoms with Crippen LogP contribution in [-0.2, 0) is 0 Å². The number of carboxylic acid groups (broad SMARTS) is 1. The summed E-state index contributed by atoms with van der Waals surface area (Å²) in [5.41, 5.74) is 0.194. The average Bonchev–Trinajstić information content (AvgIpc) is 2.40. The van der Waals surface area contributed by atoms with Gasteiger partial charge in [-0.15, -0.1) is 0 Å². The normalized spacial score (nSPS) is 10.2. The first-order valence-electron chi connectivity index (χ1n) is 5.69. The van der Waals surface area contributed by atoms with Crippen LogP contribution in [0.2, 0.25) is 10.0 Å². The molecule has 0 spiro atoms. The molecule has 0 atom stereocenters. The maximum Gasteiger partial charge on any atom is 0.337 e. The molecular formula is C14H8BrCl2NO3. The van der Waals surface area contributed by atoms with Crippen LogP contribution in [0, 0.1) is 0 Å². The summed E-state index contributed by atoms with van der Waals surface area (Å²) >= 11 is 15.1. The molecule has 108 valence electrons. The largest absolute Gasteiger partial charge is 0.478 e. The molecule has 2 N–H and O–H groups in total. The number of halogens is 3. The molecule has 7 heteroatoms. The summed E-state index contributed by atoms with van der Waals surface area (Å²) in [4.78, 5) is 23.5. The van der Waals surface area contributed by atoms with E-state index in [1.165, 1.54) is 18.2 Å². The number of carbonyl (C=O) groups is 2. The summed E-state index contributed by atoms with van der Waals surface area (Å²) in [6.45, 7) is 0. The average molecular weight is 389 g/mol. The van der Waals surface area contributed by atoms with Crippen LogP contribution >= 0.6 is 39.1 Å². The van der Waals surface area contributed by atoms with Crippen molar-refractivity contribution in [3.63, 3.8) is 0 Å². The molecule has 0 unspecified atom stereocenters. The summed E-state index contributed by atoms with van der Waals surface area (Å²) in [5.74, 6) is -1.74. The van der Waals surface area contributed by atoms with Crippen molar-refractivity contribution in [3.8, 4) is 0 Å². The van der Waals surface area contributed by atoms with Crippen molar-refractivity contribution in [1.29, 1.82) is 0 Å². The van der Waals surface area contributed by atoms with Crippen molar-refractivity contribution in [2.45, 2.75) is 0 Å². The van der Waals surface area contributed by atoms with E-state index < -0.39 is 11.9 Å². The number of anilines is 1. The molecule has 0 aliphatic rings. The summed E-state index contributed by atoms with van der Waals surface area (Å²) in [7, 11) is 0. The molecular weight excluding hydrogens is 381 g/mol. The molecule has 0 radical (unpaired) electrons. The molecule has 1 amide bonds. The molecule has 0 aromatic heterocycles. The SMILES string of the molecule is O=C(O)c1cccc(Br)c1NC(=O)c1c(Cl)cccc1Cl. The number of carboxylic acids is 1. The summed E-state index contributed by atoms with van der Waals surface area (Å²) < 4.78 is 0.443. The predicted molar refractivity (Wildman–Crippen MR) is 85.5 cm³/mol. The third kappa shape index (κ3) is 3.37. The van der Waals surface area contributed by atoms with E-state index in [4.69, 9.17) is 28.3 Å². The van der Waals surface area contributed by atoms with Gasteiger partial charge < -0.3 is 10.4 Å². The second-order valence-corrected chi connectivity index (χ2v) is 5.69. The standard InChI is InChI=1S/C14H8BrCl2NO3/c15-8-4-1-3-7(14(20)21)12(8)18-13(19)11-9(16)5-2-6-10(11)17/h1-6H,(H,18,19)(H,20,21).